The molecule has 0 bridgehead atoms. The average Bonchev–Trinajstić information content (AvgIpc) is 2.84. The highest BCUT2D eigenvalue weighted by Crippen LogP contribution is 2.34. The average molecular weight is 270 g/mol. The van der Waals surface area contributed by atoms with Gasteiger partial charge in [-0.3, -0.25) is 0 Å². The number of benzene rings is 1. The quantitative estimate of drug-likeness (QED) is 0.853. The van der Waals surface area contributed by atoms with Crippen LogP contribution in [0.15, 0.2) is 30.5 Å². The lowest BCUT2D eigenvalue weighted by molar-refractivity contribution is 0.207. The molecule has 0 saturated heterocycles. The number of hydrogen-bond donors (Lipinski definition) is 2. The van der Waals surface area contributed by atoms with E-state index in [0.29, 0.717) is 5.41 Å². The summed E-state index contributed by atoms with van der Waals surface area (Å²) < 4.78 is 0. The second-order valence-electron chi connectivity index (χ2n) is 7.00. The summed E-state index contributed by atoms with van der Waals surface area (Å²) in [4.78, 5) is 3.36. The molecule has 108 valence electrons. The van der Waals surface area contributed by atoms with Gasteiger partial charge in [-0.2, -0.15) is 0 Å². The molecule has 0 spiro atoms. The third kappa shape index (κ3) is 3.06. The standard InChI is InChI=1S/C18H26N2/c1-18(2)10-7-15(8-11-18)19-12-9-14-13-20-17-6-4-3-5-16(14)17/h3-6,13,15,19-20H,7-12H2,1-2H3. The van der Waals surface area contributed by atoms with Crippen LogP contribution in [0.3, 0.4) is 0 Å². The van der Waals surface area contributed by atoms with Crippen LogP contribution in [0.5, 0.6) is 0 Å². The lowest BCUT2D eigenvalue weighted by atomic mass is 9.75. The van der Waals surface area contributed by atoms with Crippen molar-refractivity contribution < 1.29 is 0 Å². The van der Waals surface area contributed by atoms with Crippen LogP contribution in [0.2, 0.25) is 0 Å². The molecule has 0 radical (unpaired) electrons. The highest BCUT2D eigenvalue weighted by molar-refractivity contribution is 5.83. The molecule has 0 amide bonds. The van der Waals surface area contributed by atoms with Crippen molar-refractivity contribution in [3.63, 3.8) is 0 Å². The predicted octanol–water partition coefficient (Wildman–Crippen LogP) is 4.27. The van der Waals surface area contributed by atoms with E-state index in [-0.39, 0.29) is 0 Å². The minimum Gasteiger partial charge on any atom is -0.361 e. The molecule has 1 aromatic carbocycles. The van der Waals surface area contributed by atoms with Gasteiger partial charge in [-0.15, -0.1) is 0 Å². The summed E-state index contributed by atoms with van der Waals surface area (Å²) in [6.45, 7) is 5.89. The van der Waals surface area contributed by atoms with Crippen LogP contribution in [0.25, 0.3) is 10.9 Å². The molecule has 20 heavy (non-hydrogen) atoms. The summed E-state index contributed by atoms with van der Waals surface area (Å²) >= 11 is 0. The fraction of sp³-hybridized carbons (Fsp3) is 0.556. The van der Waals surface area contributed by atoms with Crippen LogP contribution < -0.4 is 5.32 Å². The zero-order chi connectivity index (χ0) is 14.0. The molecule has 1 fully saturated rings. The molecular weight excluding hydrogens is 244 g/mol. The number of hydrogen-bond acceptors (Lipinski definition) is 1. The molecule has 0 aliphatic heterocycles. The van der Waals surface area contributed by atoms with Gasteiger partial charge in [0.2, 0.25) is 0 Å². The lowest BCUT2D eigenvalue weighted by Crippen LogP contribution is -2.36. The molecule has 2 N–H and O–H groups in total. The van der Waals surface area contributed by atoms with Crippen molar-refractivity contribution in [1.29, 1.82) is 0 Å². The van der Waals surface area contributed by atoms with Crippen molar-refractivity contribution in [3.05, 3.63) is 36.0 Å². The highest BCUT2D eigenvalue weighted by atomic mass is 14.9. The summed E-state index contributed by atoms with van der Waals surface area (Å²) in [5.74, 6) is 0. The minimum atomic E-state index is 0.565. The Balaban J connectivity index is 1.51. The molecule has 0 atom stereocenters. The van der Waals surface area contributed by atoms with E-state index in [4.69, 9.17) is 0 Å². The van der Waals surface area contributed by atoms with E-state index in [0.717, 1.165) is 19.0 Å². The van der Waals surface area contributed by atoms with Gasteiger partial charge in [-0.1, -0.05) is 32.0 Å². The summed E-state index contributed by atoms with van der Waals surface area (Å²) in [5, 5.41) is 5.12. The minimum absolute atomic E-state index is 0.565. The van der Waals surface area contributed by atoms with Crippen LogP contribution in [0.1, 0.15) is 45.1 Å². The van der Waals surface area contributed by atoms with Crippen molar-refractivity contribution in [2.24, 2.45) is 5.41 Å². The Morgan fingerprint density at radius 3 is 2.75 bits per heavy atom. The summed E-state index contributed by atoms with van der Waals surface area (Å²) in [6, 6.07) is 9.30. The lowest BCUT2D eigenvalue weighted by Gasteiger charge is -2.34. The van der Waals surface area contributed by atoms with Gasteiger partial charge in [0.05, 0.1) is 0 Å². The SMILES string of the molecule is CC1(C)CCC(NCCc2c[nH]c3ccccc23)CC1. The molecule has 1 heterocycles. The Labute approximate surface area is 122 Å². The van der Waals surface area contributed by atoms with Crippen molar-refractivity contribution in [3.8, 4) is 0 Å². The topological polar surface area (TPSA) is 27.8 Å². The molecule has 1 aliphatic rings. The first-order valence-electron chi connectivity index (χ1n) is 7.92. The van der Waals surface area contributed by atoms with Crippen molar-refractivity contribution in [2.75, 3.05) is 6.54 Å². The van der Waals surface area contributed by atoms with Crippen molar-refractivity contribution in [1.82, 2.24) is 10.3 Å². The molecular formula is C18H26N2. The molecule has 2 nitrogen and oxygen atoms in total. The number of aromatic amines is 1. The van der Waals surface area contributed by atoms with E-state index in [1.165, 1.54) is 42.1 Å². The Kier molecular flexibility index (Phi) is 3.84. The van der Waals surface area contributed by atoms with Gasteiger partial charge in [-0.25, -0.2) is 0 Å². The molecule has 2 aromatic rings. The van der Waals surface area contributed by atoms with E-state index in [1.807, 2.05) is 0 Å². The maximum Gasteiger partial charge on any atom is 0.0456 e. The van der Waals surface area contributed by atoms with Crippen LogP contribution in [-0.4, -0.2) is 17.6 Å². The van der Waals surface area contributed by atoms with E-state index >= 15 is 0 Å². The van der Waals surface area contributed by atoms with Crippen LogP contribution in [-0.2, 0) is 6.42 Å². The number of fused-ring (bicyclic) bond motifs is 1. The van der Waals surface area contributed by atoms with Gasteiger partial charge in [0.25, 0.3) is 0 Å². The van der Waals surface area contributed by atoms with Gasteiger partial charge in [-0.05, 0) is 55.7 Å². The molecule has 1 aromatic heterocycles. The van der Waals surface area contributed by atoms with Gasteiger partial charge in [0.1, 0.15) is 0 Å². The van der Waals surface area contributed by atoms with Crippen LogP contribution >= 0.6 is 0 Å². The van der Waals surface area contributed by atoms with Crippen LogP contribution in [0.4, 0.5) is 0 Å². The van der Waals surface area contributed by atoms with Gasteiger partial charge in [0, 0.05) is 23.1 Å². The van der Waals surface area contributed by atoms with E-state index in [1.54, 1.807) is 0 Å². The van der Waals surface area contributed by atoms with Gasteiger partial charge < -0.3 is 10.3 Å². The Morgan fingerprint density at radius 1 is 1.20 bits per heavy atom. The van der Waals surface area contributed by atoms with Crippen LogP contribution in [0, 0.1) is 5.41 Å². The molecule has 2 heteroatoms. The summed E-state index contributed by atoms with van der Waals surface area (Å²) in [7, 11) is 0. The first kappa shape index (κ1) is 13.7. The third-order valence-electron chi connectivity index (χ3n) is 4.84. The molecule has 1 saturated carbocycles. The fourth-order valence-electron chi connectivity index (χ4n) is 3.35. The highest BCUT2D eigenvalue weighted by Gasteiger charge is 2.26. The summed E-state index contributed by atoms with van der Waals surface area (Å²) in [6.07, 6.45) is 8.66. The third-order valence-corrected chi connectivity index (χ3v) is 4.84. The van der Waals surface area contributed by atoms with E-state index < -0.39 is 0 Å². The molecule has 0 unspecified atom stereocenters. The number of rotatable bonds is 4. The first-order valence-corrected chi connectivity index (χ1v) is 7.92. The maximum atomic E-state index is 3.75. The maximum absolute atomic E-state index is 3.75. The first-order chi connectivity index (χ1) is 9.64. The van der Waals surface area contributed by atoms with E-state index in [9.17, 15) is 0 Å². The van der Waals surface area contributed by atoms with Gasteiger partial charge >= 0.3 is 0 Å². The summed E-state index contributed by atoms with van der Waals surface area (Å²) in [5.41, 5.74) is 3.25. The predicted molar refractivity (Wildman–Crippen MR) is 86.0 cm³/mol. The Bertz CT molecular complexity index is 558. The zero-order valence-electron chi connectivity index (χ0n) is 12.7. The Morgan fingerprint density at radius 2 is 1.95 bits per heavy atom. The normalized spacial score (nSPS) is 19.5. The molecule has 3 rings (SSSR count). The van der Waals surface area contributed by atoms with Crippen molar-refractivity contribution in [2.45, 2.75) is 52.0 Å². The van der Waals surface area contributed by atoms with Crippen molar-refractivity contribution >= 4 is 10.9 Å². The fourth-order valence-corrected chi connectivity index (χ4v) is 3.35. The zero-order valence-corrected chi connectivity index (χ0v) is 12.7. The number of aromatic nitrogens is 1. The number of para-hydroxylation sites is 1. The van der Waals surface area contributed by atoms with E-state index in [2.05, 4.69) is 54.6 Å². The second kappa shape index (κ2) is 5.61. The largest absolute Gasteiger partial charge is 0.361 e. The second-order valence-corrected chi connectivity index (χ2v) is 7.00. The Hall–Kier alpha value is -1.28. The van der Waals surface area contributed by atoms with Gasteiger partial charge in [0.15, 0.2) is 0 Å². The number of nitrogens with one attached hydrogen (secondary N) is 2. The monoisotopic (exact) mass is 270 g/mol. The number of H-pyrrole nitrogens is 1. The molecule has 1 aliphatic carbocycles. The smallest absolute Gasteiger partial charge is 0.0456 e.